The Bertz CT molecular complexity index is 1440. The van der Waals surface area contributed by atoms with Gasteiger partial charge in [-0.2, -0.15) is 5.10 Å². The number of rotatable bonds is 5. The Hall–Kier alpha value is -3.87. The molecule has 6 nitrogen and oxygen atoms in total. The molecule has 3 aromatic heterocycles. The fourth-order valence-corrected chi connectivity index (χ4v) is 4.25. The molecule has 0 fully saturated rings. The highest BCUT2D eigenvalue weighted by Gasteiger charge is 2.23. The predicted octanol–water partition coefficient (Wildman–Crippen LogP) is 4.68. The molecule has 0 saturated heterocycles. The van der Waals surface area contributed by atoms with Gasteiger partial charge in [0.05, 0.1) is 12.2 Å². The van der Waals surface area contributed by atoms with Crippen molar-refractivity contribution in [3.63, 3.8) is 0 Å². The average molecular weight is 429 g/mol. The van der Waals surface area contributed by atoms with Crippen LogP contribution in [0.3, 0.4) is 0 Å². The molecule has 162 valence electrons. The number of amides is 1. The lowest BCUT2D eigenvalue weighted by Gasteiger charge is -2.22. The van der Waals surface area contributed by atoms with Crippen molar-refractivity contribution < 1.29 is 9.18 Å². The lowest BCUT2D eigenvalue weighted by molar-refractivity contribution is 0.0719. The van der Waals surface area contributed by atoms with Crippen molar-refractivity contribution in [1.29, 1.82) is 0 Å². The second kappa shape index (κ2) is 7.67. The van der Waals surface area contributed by atoms with Crippen molar-refractivity contribution in [2.75, 3.05) is 0 Å². The first-order valence-corrected chi connectivity index (χ1v) is 10.5. The Morgan fingerprint density at radius 3 is 2.66 bits per heavy atom. The maximum Gasteiger partial charge on any atom is 0.271 e. The molecule has 0 spiro atoms. The molecule has 0 aliphatic heterocycles. The van der Waals surface area contributed by atoms with E-state index in [0.717, 1.165) is 38.8 Å². The third-order valence-corrected chi connectivity index (χ3v) is 6.07. The van der Waals surface area contributed by atoms with Crippen molar-refractivity contribution in [2.24, 2.45) is 14.1 Å². The summed E-state index contributed by atoms with van der Waals surface area (Å²) in [6.45, 7) is 2.67. The van der Waals surface area contributed by atoms with Crippen LogP contribution >= 0.6 is 0 Å². The highest BCUT2D eigenvalue weighted by atomic mass is 19.1. The number of aromatic amines is 1. The van der Waals surface area contributed by atoms with Crippen molar-refractivity contribution in [3.05, 3.63) is 89.3 Å². The zero-order chi connectivity index (χ0) is 22.4. The van der Waals surface area contributed by atoms with E-state index < -0.39 is 0 Å². The molecule has 0 atom stereocenters. The number of carbonyl (C=O) groups is 1. The normalized spacial score (nSPS) is 11.5. The van der Waals surface area contributed by atoms with E-state index in [-0.39, 0.29) is 11.7 Å². The molecule has 5 aromatic rings. The van der Waals surface area contributed by atoms with Crippen LogP contribution in [0, 0.1) is 12.7 Å². The first kappa shape index (κ1) is 20.1. The van der Waals surface area contributed by atoms with E-state index in [4.69, 9.17) is 0 Å². The number of hydrogen-bond acceptors (Lipinski definition) is 2. The van der Waals surface area contributed by atoms with E-state index in [1.807, 2.05) is 68.2 Å². The number of H-pyrrole nitrogens is 1. The minimum absolute atomic E-state index is 0.0993. The topological polar surface area (TPSA) is 58.9 Å². The summed E-state index contributed by atoms with van der Waals surface area (Å²) >= 11 is 0. The van der Waals surface area contributed by atoms with Gasteiger partial charge in [0.2, 0.25) is 0 Å². The molecule has 0 unspecified atom stereocenters. The lowest BCUT2D eigenvalue weighted by Crippen LogP contribution is -2.31. The predicted molar refractivity (Wildman–Crippen MR) is 123 cm³/mol. The Balaban J connectivity index is 1.55. The molecule has 0 aliphatic carbocycles. The van der Waals surface area contributed by atoms with Crippen molar-refractivity contribution in [1.82, 2.24) is 24.2 Å². The number of hydrogen-bond donors (Lipinski definition) is 1. The number of fused-ring (bicyclic) bond motifs is 2. The van der Waals surface area contributed by atoms with Gasteiger partial charge in [-0.15, -0.1) is 0 Å². The van der Waals surface area contributed by atoms with Crippen molar-refractivity contribution in [3.8, 4) is 0 Å². The van der Waals surface area contributed by atoms with E-state index in [0.29, 0.717) is 18.8 Å². The van der Waals surface area contributed by atoms with Gasteiger partial charge in [0.15, 0.2) is 0 Å². The summed E-state index contributed by atoms with van der Waals surface area (Å²) in [7, 11) is 3.79. The van der Waals surface area contributed by atoms with Crippen LogP contribution in [0.5, 0.6) is 0 Å². The minimum Gasteiger partial charge on any atom is -0.361 e. The van der Waals surface area contributed by atoms with Gasteiger partial charge in [-0.05, 0) is 48.9 Å². The largest absolute Gasteiger partial charge is 0.361 e. The van der Waals surface area contributed by atoms with Crippen LogP contribution in [0.15, 0.2) is 60.8 Å². The van der Waals surface area contributed by atoms with Gasteiger partial charge in [0, 0.05) is 54.3 Å². The zero-order valence-corrected chi connectivity index (χ0v) is 18.3. The van der Waals surface area contributed by atoms with Crippen molar-refractivity contribution >= 4 is 27.7 Å². The molecule has 1 amide bonds. The molecule has 0 saturated carbocycles. The monoisotopic (exact) mass is 429 g/mol. The van der Waals surface area contributed by atoms with E-state index in [1.54, 1.807) is 15.6 Å². The summed E-state index contributed by atoms with van der Waals surface area (Å²) in [5.74, 6) is -0.400. The summed E-state index contributed by atoms with van der Waals surface area (Å²) in [6.07, 6.45) is 1.84. The van der Waals surface area contributed by atoms with Crippen LogP contribution in [0.4, 0.5) is 4.39 Å². The number of nitrogens with one attached hydrogen (secondary N) is 1. The molecule has 32 heavy (non-hydrogen) atoms. The molecule has 7 heteroatoms. The first-order valence-electron chi connectivity index (χ1n) is 10.5. The molecular formula is C25H24FN5O. The molecule has 3 heterocycles. The van der Waals surface area contributed by atoms with Crippen LogP contribution in [-0.2, 0) is 27.2 Å². The van der Waals surface area contributed by atoms with Gasteiger partial charge in [0.1, 0.15) is 11.5 Å². The highest BCUT2D eigenvalue weighted by Crippen LogP contribution is 2.25. The van der Waals surface area contributed by atoms with Gasteiger partial charge < -0.3 is 14.5 Å². The maximum absolute atomic E-state index is 13.9. The summed E-state index contributed by atoms with van der Waals surface area (Å²) < 4.78 is 17.6. The van der Waals surface area contributed by atoms with Gasteiger partial charge >= 0.3 is 0 Å². The van der Waals surface area contributed by atoms with E-state index in [1.165, 1.54) is 12.1 Å². The van der Waals surface area contributed by atoms with Gasteiger partial charge in [-0.3, -0.25) is 9.48 Å². The third kappa shape index (κ3) is 3.45. The average Bonchev–Trinajstić information content (AvgIpc) is 3.43. The standard InChI is InChI=1S/C25H24FN5O/c1-16-10-20(28-30(16)3)15-31(14-18-13-27-22-9-8-19(26)12-21(18)22)25(32)24-11-17-6-4-5-7-23(17)29(24)2/h4-13,27H,14-15H2,1-3H3. The first-order chi connectivity index (χ1) is 15.4. The Morgan fingerprint density at radius 1 is 1.09 bits per heavy atom. The molecule has 0 aliphatic rings. The number of aromatic nitrogens is 4. The van der Waals surface area contributed by atoms with Crippen LogP contribution in [0.25, 0.3) is 21.8 Å². The second-order valence-electron chi connectivity index (χ2n) is 8.21. The van der Waals surface area contributed by atoms with Gasteiger partial charge in [0.25, 0.3) is 5.91 Å². The number of nitrogens with zero attached hydrogens (tertiary/aromatic N) is 4. The van der Waals surface area contributed by atoms with Gasteiger partial charge in [-0.1, -0.05) is 18.2 Å². The number of halogens is 1. The molecule has 1 N–H and O–H groups in total. The quantitative estimate of drug-likeness (QED) is 0.441. The number of carbonyl (C=O) groups excluding carboxylic acids is 1. The van der Waals surface area contributed by atoms with Crippen LogP contribution in [0.1, 0.15) is 27.4 Å². The number of benzene rings is 2. The molecule has 0 radical (unpaired) electrons. The number of aryl methyl sites for hydroxylation is 3. The summed E-state index contributed by atoms with van der Waals surface area (Å²) in [5.41, 5.74) is 5.13. The Labute approximate surface area is 184 Å². The zero-order valence-electron chi connectivity index (χ0n) is 18.3. The maximum atomic E-state index is 13.9. The van der Waals surface area contributed by atoms with Crippen LogP contribution in [0.2, 0.25) is 0 Å². The van der Waals surface area contributed by atoms with Crippen molar-refractivity contribution in [2.45, 2.75) is 20.0 Å². The Morgan fingerprint density at radius 2 is 1.91 bits per heavy atom. The fraction of sp³-hybridized carbons (Fsp3) is 0.200. The van der Waals surface area contributed by atoms with E-state index in [9.17, 15) is 9.18 Å². The molecular weight excluding hydrogens is 405 g/mol. The van der Waals surface area contributed by atoms with Gasteiger partial charge in [-0.25, -0.2) is 4.39 Å². The van der Waals surface area contributed by atoms with Crippen LogP contribution in [-0.4, -0.2) is 30.1 Å². The smallest absolute Gasteiger partial charge is 0.271 e. The minimum atomic E-state index is -0.301. The molecule has 2 aromatic carbocycles. The summed E-state index contributed by atoms with van der Waals surface area (Å²) in [5, 5.41) is 6.34. The highest BCUT2D eigenvalue weighted by molar-refractivity contribution is 5.99. The summed E-state index contributed by atoms with van der Waals surface area (Å²) in [6, 6.07) is 16.5. The third-order valence-electron chi connectivity index (χ3n) is 6.07. The Kier molecular flexibility index (Phi) is 4.81. The second-order valence-corrected chi connectivity index (χ2v) is 8.21. The summed E-state index contributed by atoms with van der Waals surface area (Å²) in [4.78, 5) is 18.7. The molecule has 0 bridgehead atoms. The van der Waals surface area contributed by atoms with E-state index >= 15 is 0 Å². The lowest BCUT2D eigenvalue weighted by atomic mass is 10.1. The van der Waals surface area contributed by atoms with Crippen LogP contribution < -0.4 is 0 Å². The SMILES string of the molecule is Cc1cc(CN(Cc2c[nH]c3ccc(F)cc23)C(=O)c2cc3ccccc3n2C)nn1C. The molecule has 5 rings (SSSR count). The number of para-hydroxylation sites is 1. The fourth-order valence-electron chi connectivity index (χ4n) is 4.25. The van der Waals surface area contributed by atoms with E-state index in [2.05, 4.69) is 10.1 Å².